The summed E-state index contributed by atoms with van der Waals surface area (Å²) in [6, 6.07) is 7.48. The van der Waals surface area contributed by atoms with E-state index in [0.717, 1.165) is 19.4 Å². The minimum Gasteiger partial charge on any atom is -0.310 e. The Kier molecular flexibility index (Phi) is 5.70. The Morgan fingerprint density at radius 1 is 1.00 bits per heavy atom. The first-order chi connectivity index (χ1) is 8.13. The fourth-order valence-electron chi connectivity index (χ4n) is 2.47. The van der Waals surface area contributed by atoms with Gasteiger partial charge in [0.2, 0.25) is 0 Å². The first-order valence-electron chi connectivity index (χ1n) is 6.99. The van der Waals surface area contributed by atoms with Crippen molar-refractivity contribution < 1.29 is 0 Å². The normalized spacial score (nSPS) is 13.1. The zero-order valence-corrected chi connectivity index (χ0v) is 12.0. The zero-order chi connectivity index (χ0) is 12.8. The number of hydrogen-bond donors (Lipinski definition) is 1. The van der Waals surface area contributed by atoms with Gasteiger partial charge in [-0.05, 0) is 42.0 Å². The van der Waals surface area contributed by atoms with E-state index in [1.165, 1.54) is 16.7 Å². The van der Waals surface area contributed by atoms with Crippen molar-refractivity contribution in [3.63, 3.8) is 0 Å². The molecule has 1 aromatic carbocycles. The summed E-state index contributed by atoms with van der Waals surface area (Å²) in [7, 11) is 0. The van der Waals surface area contributed by atoms with Gasteiger partial charge in [0.25, 0.3) is 0 Å². The van der Waals surface area contributed by atoms with Crippen LogP contribution in [0.5, 0.6) is 0 Å². The van der Waals surface area contributed by atoms with Gasteiger partial charge in [0.15, 0.2) is 0 Å². The second-order valence-corrected chi connectivity index (χ2v) is 5.01. The van der Waals surface area contributed by atoms with Gasteiger partial charge in [0.05, 0.1) is 0 Å². The Hall–Kier alpha value is -0.820. The molecule has 96 valence electrons. The van der Waals surface area contributed by atoms with E-state index in [1.807, 2.05) is 0 Å². The van der Waals surface area contributed by atoms with Gasteiger partial charge in [-0.2, -0.15) is 0 Å². The smallest absolute Gasteiger partial charge is 0.0343 e. The second kappa shape index (κ2) is 6.80. The van der Waals surface area contributed by atoms with Gasteiger partial charge in [-0.1, -0.05) is 52.8 Å². The second-order valence-electron chi connectivity index (χ2n) is 5.01. The maximum atomic E-state index is 3.59. The summed E-state index contributed by atoms with van der Waals surface area (Å²) in [5, 5.41) is 3.59. The number of nitrogens with one attached hydrogen (secondary N) is 1. The summed E-state index contributed by atoms with van der Waals surface area (Å²) < 4.78 is 0. The molecule has 0 aliphatic rings. The molecule has 17 heavy (non-hydrogen) atoms. The fourth-order valence-corrected chi connectivity index (χ4v) is 2.47. The Labute approximate surface area is 107 Å². The van der Waals surface area contributed by atoms with Crippen LogP contribution in [-0.4, -0.2) is 6.54 Å². The summed E-state index contributed by atoms with van der Waals surface area (Å²) >= 11 is 0. The molecule has 1 atom stereocenters. The molecular formula is C16H27N. The number of rotatable bonds is 6. The fraction of sp³-hybridized carbons (Fsp3) is 0.625. The van der Waals surface area contributed by atoms with E-state index in [1.54, 1.807) is 0 Å². The lowest BCUT2D eigenvalue weighted by Gasteiger charge is -2.23. The average Bonchev–Trinajstić information content (AvgIpc) is 2.34. The topological polar surface area (TPSA) is 12.0 Å². The predicted molar refractivity (Wildman–Crippen MR) is 76.5 cm³/mol. The maximum absolute atomic E-state index is 3.59. The van der Waals surface area contributed by atoms with Crippen LogP contribution in [0.1, 0.15) is 57.4 Å². The first kappa shape index (κ1) is 14.2. The highest BCUT2D eigenvalue weighted by Gasteiger charge is 2.15. The van der Waals surface area contributed by atoms with Crippen molar-refractivity contribution in [2.75, 3.05) is 6.54 Å². The van der Waals surface area contributed by atoms with Crippen molar-refractivity contribution in [3.8, 4) is 0 Å². The van der Waals surface area contributed by atoms with Crippen LogP contribution in [0.15, 0.2) is 18.2 Å². The highest BCUT2D eigenvalue weighted by atomic mass is 14.9. The monoisotopic (exact) mass is 233 g/mol. The van der Waals surface area contributed by atoms with Crippen molar-refractivity contribution in [2.45, 2.75) is 53.5 Å². The molecule has 1 unspecified atom stereocenters. The SMILES string of the molecule is CCNC(c1ccc(CC)c(CC)c1)C(C)C. The molecular weight excluding hydrogens is 206 g/mol. The largest absolute Gasteiger partial charge is 0.310 e. The van der Waals surface area contributed by atoms with Crippen LogP contribution in [-0.2, 0) is 12.8 Å². The molecule has 0 saturated heterocycles. The van der Waals surface area contributed by atoms with Crippen molar-refractivity contribution in [1.29, 1.82) is 0 Å². The lowest BCUT2D eigenvalue weighted by molar-refractivity contribution is 0.421. The van der Waals surface area contributed by atoms with E-state index < -0.39 is 0 Å². The predicted octanol–water partition coefficient (Wildman–Crippen LogP) is 4.12. The van der Waals surface area contributed by atoms with Gasteiger partial charge in [-0.3, -0.25) is 0 Å². The third-order valence-electron chi connectivity index (χ3n) is 3.44. The van der Waals surface area contributed by atoms with E-state index in [2.05, 4.69) is 58.1 Å². The molecule has 1 heteroatoms. The molecule has 0 fully saturated rings. The van der Waals surface area contributed by atoms with Crippen molar-refractivity contribution in [1.82, 2.24) is 5.32 Å². The minimum atomic E-state index is 0.483. The first-order valence-corrected chi connectivity index (χ1v) is 6.99. The van der Waals surface area contributed by atoms with E-state index in [0.29, 0.717) is 12.0 Å². The van der Waals surface area contributed by atoms with E-state index in [4.69, 9.17) is 0 Å². The molecule has 0 heterocycles. The van der Waals surface area contributed by atoms with Gasteiger partial charge < -0.3 is 5.32 Å². The average molecular weight is 233 g/mol. The summed E-state index contributed by atoms with van der Waals surface area (Å²) in [4.78, 5) is 0. The third kappa shape index (κ3) is 3.57. The molecule has 1 rings (SSSR count). The molecule has 0 bridgehead atoms. The highest BCUT2D eigenvalue weighted by molar-refractivity contribution is 5.34. The van der Waals surface area contributed by atoms with Crippen LogP contribution in [0.2, 0.25) is 0 Å². The quantitative estimate of drug-likeness (QED) is 0.779. The van der Waals surface area contributed by atoms with Crippen LogP contribution < -0.4 is 5.32 Å². The summed E-state index contributed by atoms with van der Waals surface area (Å²) in [5.41, 5.74) is 4.44. The standard InChI is InChI=1S/C16H27N/c1-6-13-9-10-15(11-14(13)7-2)16(12(4)5)17-8-3/h9-12,16-17H,6-8H2,1-5H3. The van der Waals surface area contributed by atoms with Crippen LogP contribution in [0.3, 0.4) is 0 Å². The molecule has 0 aromatic heterocycles. The summed E-state index contributed by atoms with van der Waals surface area (Å²) in [5.74, 6) is 0.632. The van der Waals surface area contributed by atoms with E-state index >= 15 is 0 Å². The number of hydrogen-bond acceptors (Lipinski definition) is 1. The van der Waals surface area contributed by atoms with Gasteiger partial charge in [0, 0.05) is 6.04 Å². The van der Waals surface area contributed by atoms with Crippen molar-refractivity contribution >= 4 is 0 Å². The molecule has 0 amide bonds. The van der Waals surface area contributed by atoms with Gasteiger partial charge in [-0.15, -0.1) is 0 Å². The van der Waals surface area contributed by atoms with E-state index in [-0.39, 0.29) is 0 Å². The van der Waals surface area contributed by atoms with Gasteiger partial charge in [-0.25, -0.2) is 0 Å². The lowest BCUT2D eigenvalue weighted by atomic mass is 9.91. The van der Waals surface area contributed by atoms with Crippen molar-refractivity contribution in [3.05, 3.63) is 34.9 Å². The molecule has 0 saturated carbocycles. The van der Waals surface area contributed by atoms with Crippen LogP contribution >= 0.6 is 0 Å². The number of benzene rings is 1. The third-order valence-corrected chi connectivity index (χ3v) is 3.44. The van der Waals surface area contributed by atoms with Crippen LogP contribution in [0.4, 0.5) is 0 Å². The molecule has 1 nitrogen and oxygen atoms in total. The van der Waals surface area contributed by atoms with Gasteiger partial charge in [0.1, 0.15) is 0 Å². The molecule has 0 aliphatic heterocycles. The van der Waals surface area contributed by atoms with Crippen LogP contribution in [0.25, 0.3) is 0 Å². The Morgan fingerprint density at radius 3 is 2.12 bits per heavy atom. The summed E-state index contributed by atoms with van der Waals surface area (Å²) in [6.07, 6.45) is 2.27. The molecule has 0 spiro atoms. The molecule has 0 radical (unpaired) electrons. The molecule has 1 N–H and O–H groups in total. The molecule has 0 aliphatic carbocycles. The maximum Gasteiger partial charge on any atom is 0.0343 e. The van der Waals surface area contributed by atoms with E-state index in [9.17, 15) is 0 Å². The Bertz CT molecular complexity index is 341. The zero-order valence-electron chi connectivity index (χ0n) is 12.0. The molecule has 1 aromatic rings. The lowest BCUT2D eigenvalue weighted by Crippen LogP contribution is -2.25. The van der Waals surface area contributed by atoms with Gasteiger partial charge >= 0.3 is 0 Å². The number of aryl methyl sites for hydroxylation is 2. The van der Waals surface area contributed by atoms with Crippen molar-refractivity contribution in [2.24, 2.45) is 5.92 Å². The Morgan fingerprint density at radius 2 is 1.65 bits per heavy atom. The summed E-state index contributed by atoms with van der Waals surface area (Å²) in [6.45, 7) is 12.3. The minimum absolute atomic E-state index is 0.483. The Balaban J connectivity index is 3.03. The highest BCUT2D eigenvalue weighted by Crippen LogP contribution is 2.24. The van der Waals surface area contributed by atoms with Crippen LogP contribution in [0, 0.1) is 5.92 Å².